The fourth-order valence-electron chi connectivity index (χ4n) is 3.88. The number of halogens is 3. The lowest BCUT2D eigenvalue weighted by Gasteiger charge is -2.30. The number of carbonyl (C=O) groups excluding carboxylic acids is 1. The predicted molar refractivity (Wildman–Crippen MR) is 129 cm³/mol. The molecule has 3 atom stereocenters. The topological polar surface area (TPSA) is 75.6 Å². The van der Waals surface area contributed by atoms with Crippen LogP contribution in [-0.4, -0.2) is 28.3 Å². The summed E-state index contributed by atoms with van der Waals surface area (Å²) in [6.07, 6.45) is 1.18. The molecule has 3 rings (SSSR count). The van der Waals surface area contributed by atoms with Crippen molar-refractivity contribution in [3.05, 3.63) is 69.9 Å². The van der Waals surface area contributed by atoms with E-state index in [0.29, 0.717) is 11.3 Å². The van der Waals surface area contributed by atoms with Crippen molar-refractivity contribution in [1.82, 2.24) is 5.32 Å². The normalized spacial score (nSPS) is 21.0. The molecule has 5 nitrogen and oxygen atoms in total. The highest BCUT2D eigenvalue weighted by Crippen LogP contribution is 2.47. The monoisotopic (exact) mass is 509 g/mol. The van der Waals surface area contributed by atoms with Gasteiger partial charge in [-0.2, -0.15) is 13.2 Å². The first kappa shape index (κ1) is 26.9. The standard InChI is InChI=1S/C26H30F3NO4S/c1-14(2)20-12-18-19(35-20)11-10-17(23(31)30-22(24(32)33)25(3,4)5)21(18)34-13-15-6-8-16(9-7-15)26(27,28)29/h6-12,14,18-19,22H,13H2,1-5H3,(H,30,31)(H,32,33). The minimum Gasteiger partial charge on any atom is -0.492 e. The molecule has 1 aromatic carbocycles. The third kappa shape index (κ3) is 6.31. The summed E-state index contributed by atoms with van der Waals surface area (Å²) in [6, 6.07) is 3.56. The van der Waals surface area contributed by atoms with Crippen molar-refractivity contribution >= 4 is 23.6 Å². The number of rotatable bonds is 7. The molecule has 0 saturated heterocycles. The Hall–Kier alpha value is -2.68. The second kappa shape index (κ2) is 10.1. The zero-order chi connectivity index (χ0) is 26.1. The van der Waals surface area contributed by atoms with Crippen LogP contribution in [0.2, 0.25) is 0 Å². The van der Waals surface area contributed by atoms with Crippen molar-refractivity contribution < 1.29 is 32.6 Å². The average Bonchev–Trinajstić information content (AvgIpc) is 3.19. The number of thioether (sulfide) groups is 1. The van der Waals surface area contributed by atoms with Crippen molar-refractivity contribution in [2.75, 3.05) is 0 Å². The predicted octanol–water partition coefficient (Wildman–Crippen LogP) is 5.93. The van der Waals surface area contributed by atoms with Gasteiger partial charge in [-0.05, 0) is 40.0 Å². The molecule has 1 amide bonds. The number of amides is 1. The highest BCUT2D eigenvalue weighted by molar-refractivity contribution is 8.04. The van der Waals surface area contributed by atoms with Crippen LogP contribution in [0.25, 0.3) is 0 Å². The van der Waals surface area contributed by atoms with Gasteiger partial charge in [0.2, 0.25) is 0 Å². The van der Waals surface area contributed by atoms with Gasteiger partial charge in [0.25, 0.3) is 5.91 Å². The van der Waals surface area contributed by atoms with Gasteiger partial charge in [-0.15, -0.1) is 11.8 Å². The van der Waals surface area contributed by atoms with Gasteiger partial charge in [0.05, 0.1) is 17.1 Å². The maximum absolute atomic E-state index is 13.2. The number of carboxylic acid groups (broad SMARTS) is 1. The van der Waals surface area contributed by atoms with Crippen molar-refractivity contribution in [1.29, 1.82) is 0 Å². The Labute approximate surface area is 207 Å². The van der Waals surface area contributed by atoms with E-state index in [4.69, 9.17) is 4.74 Å². The zero-order valence-electron chi connectivity index (χ0n) is 20.3. The second-order valence-corrected chi connectivity index (χ2v) is 11.3. The molecular formula is C26H30F3NO4S. The summed E-state index contributed by atoms with van der Waals surface area (Å²) in [6.45, 7) is 9.28. The van der Waals surface area contributed by atoms with E-state index < -0.39 is 35.1 Å². The summed E-state index contributed by atoms with van der Waals surface area (Å²) in [5.41, 5.74) is -0.735. The smallest absolute Gasteiger partial charge is 0.416 e. The quantitative estimate of drug-likeness (QED) is 0.476. The van der Waals surface area contributed by atoms with Crippen LogP contribution in [-0.2, 0) is 27.1 Å². The first-order valence-corrected chi connectivity index (χ1v) is 12.2. The summed E-state index contributed by atoms with van der Waals surface area (Å²) in [5, 5.41) is 12.3. The van der Waals surface area contributed by atoms with Crippen LogP contribution in [0.1, 0.15) is 45.7 Å². The van der Waals surface area contributed by atoms with Gasteiger partial charge in [-0.1, -0.05) is 58.9 Å². The van der Waals surface area contributed by atoms with Gasteiger partial charge in [0, 0.05) is 5.25 Å². The molecule has 35 heavy (non-hydrogen) atoms. The van der Waals surface area contributed by atoms with Crippen LogP contribution in [0.15, 0.2) is 58.7 Å². The molecule has 1 aromatic rings. The van der Waals surface area contributed by atoms with Crippen LogP contribution < -0.4 is 5.32 Å². The molecule has 1 aliphatic heterocycles. The van der Waals surface area contributed by atoms with E-state index >= 15 is 0 Å². The Kier molecular flexibility index (Phi) is 7.79. The molecule has 1 aliphatic carbocycles. The van der Waals surface area contributed by atoms with E-state index in [1.165, 1.54) is 12.1 Å². The van der Waals surface area contributed by atoms with Crippen molar-refractivity contribution in [2.24, 2.45) is 17.3 Å². The number of ether oxygens (including phenoxy) is 1. The summed E-state index contributed by atoms with van der Waals surface area (Å²) in [7, 11) is 0. The highest BCUT2D eigenvalue weighted by Gasteiger charge is 2.39. The van der Waals surface area contributed by atoms with Gasteiger partial charge in [-0.25, -0.2) is 4.79 Å². The van der Waals surface area contributed by atoms with Crippen LogP contribution in [0.3, 0.4) is 0 Å². The van der Waals surface area contributed by atoms with E-state index in [1.807, 2.05) is 6.08 Å². The summed E-state index contributed by atoms with van der Waals surface area (Å²) < 4.78 is 44.7. The number of hydrogen-bond donors (Lipinski definition) is 2. The molecule has 0 bridgehead atoms. The van der Waals surface area contributed by atoms with Crippen LogP contribution in [0.4, 0.5) is 13.2 Å². The summed E-state index contributed by atoms with van der Waals surface area (Å²) in [4.78, 5) is 26.2. The third-order valence-electron chi connectivity index (χ3n) is 5.87. The van der Waals surface area contributed by atoms with Gasteiger partial charge in [0.15, 0.2) is 0 Å². The van der Waals surface area contributed by atoms with E-state index in [1.54, 1.807) is 38.6 Å². The number of carbonyl (C=O) groups is 2. The molecule has 190 valence electrons. The van der Waals surface area contributed by atoms with E-state index in [0.717, 1.165) is 17.0 Å². The lowest BCUT2D eigenvalue weighted by atomic mass is 9.86. The lowest BCUT2D eigenvalue weighted by Crippen LogP contribution is -2.49. The molecule has 1 heterocycles. The Morgan fingerprint density at radius 2 is 1.77 bits per heavy atom. The minimum atomic E-state index is -4.43. The third-order valence-corrected chi connectivity index (χ3v) is 7.47. The lowest BCUT2D eigenvalue weighted by molar-refractivity contribution is -0.144. The van der Waals surface area contributed by atoms with E-state index in [9.17, 15) is 27.9 Å². The molecule has 0 aromatic heterocycles. The van der Waals surface area contributed by atoms with Crippen LogP contribution in [0.5, 0.6) is 0 Å². The number of alkyl halides is 3. The van der Waals surface area contributed by atoms with Crippen LogP contribution >= 0.6 is 11.8 Å². The number of fused-ring (bicyclic) bond motifs is 1. The molecule has 9 heteroatoms. The number of hydrogen-bond acceptors (Lipinski definition) is 4. The molecule has 2 aliphatic rings. The van der Waals surface area contributed by atoms with E-state index in [-0.39, 0.29) is 29.3 Å². The maximum Gasteiger partial charge on any atom is 0.416 e. The molecule has 0 fully saturated rings. The largest absolute Gasteiger partial charge is 0.492 e. The molecule has 2 N–H and O–H groups in total. The number of benzene rings is 1. The molecule has 0 radical (unpaired) electrons. The second-order valence-electron chi connectivity index (χ2n) is 10.1. The van der Waals surface area contributed by atoms with Crippen molar-refractivity contribution in [3.8, 4) is 0 Å². The van der Waals surface area contributed by atoms with Crippen molar-refractivity contribution in [3.63, 3.8) is 0 Å². The van der Waals surface area contributed by atoms with Gasteiger partial charge >= 0.3 is 12.1 Å². The first-order valence-electron chi connectivity index (χ1n) is 11.3. The highest BCUT2D eigenvalue weighted by atomic mass is 32.2. The first-order chi connectivity index (χ1) is 16.2. The zero-order valence-corrected chi connectivity index (χ0v) is 21.1. The van der Waals surface area contributed by atoms with Gasteiger partial charge in [0.1, 0.15) is 18.4 Å². The fourth-order valence-corrected chi connectivity index (χ4v) is 5.19. The maximum atomic E-state index is 13.2. The fraction of sp³-hybridized carbons (Fsp3) is 0.462. The Bertz CT molecular complexity index is 1070. The van der Waals surface area contributed by atoms with Gasteiger partial charge < -0.3 is 15.2 Å². The summed E-state index contributed by atoms with van der Waals surface area (Å²) in [5.74, 6) is -1.29. The average molecular weight is 510 g/mol. The number of nitrogens with one attached hydrogen (secondary N) is 1. The number of carboxylic acids is 1. The number of aliphatic carboxylic acids is 1. The Morgan fingerprint density at radius 1 is 1.14 bits per heavy atom. The van der Waals surface area contributed by atoms with E-state index in [2.05, 4.69) is 25.2 Å². The minimum absolute atomic E-state index is 0.0180. The SMILES string of the molecule is CC(C)C1=CC2C(OCc3ccc(C(F)(F)F)cc3)=C(C(=O)NC(C(=O)O)C(C)(C)C)C=CC2S1. The van der Waals surface area contributed by atoms with Crippen LogP contribution in [0, 0.1) is 17.3 Å². The summed E-state index contributed by atoms with van der Waals surface area (Å²) >= 11 is 1.68. The van der Waals surface area contributed by atoms with Crippen molar-refractivity contribution in [2.45, 2.75) is 58.7 Å². The van der Waals surface area contributed by atoms with Gasteiger partial charge in [-0.3, -0.25) is 4.79 Å². The Morgan fingerprint density at radius 3 is 2.29 bits per heavy atom. The molecular weight excluding hydrogens is 479 g/mol. The Balaban J connectivity index is 1.92. The molecule has 3 unspecified atom stereocenters. The number of allylic oxidation sites excluding steroid dienone is 2. The molecule has 0 spiro atoms. The molecule has 0 saturated carbocycles.